The molecular weight excluding hydrogens is 476 g/mol. The number of fused-ring (bicyclic) bond motifs is 2. The number of hydrogen-bond acceptors (Lipinski definition) is 8. The zero-order valence-corrected chi connectivity index (χ0v) is 20.6. The van der Waals surface area contributed by atoms with Crippen molar-refractivity contribution in [3.05, 3.63) is 65.5 Å². The number of aromatic nitrogens is 3. The first-order chi connectivity index (χ1) is 18.0. The highest BCUT2D eigenvalue weighted by atomic mass is 16.6. The van der Waals surface area contributed by atoms with E-state index in [-0.39, 0.29) is 23.8 Å². The molecule has 1 aromatic carbocycles. The molecule has 2 aromatic heterocycles. The topological polar surface area (TPSA) is 137 Å². The van der Waals surface area contributed by atoms with Gasteiger partial charge in [0.05, 0.1) is 6.10 Å². The van der Waals surface area contributed by atoms with E-state index < -0.39 is 12.1 Å². The number of ether oxygens (including phenoxy) is 2. The number of rotatable bonds is 10. The lowest BCUT2D eigenvalue weighted by Crippen LogP contribution is -2.40. The fourth-order valence-corrected chi connectivity index (χ4v) is 5.52. The predicted octanol–water partition coefficient (Wildman–Crippen LogP) is 3.87. The Bertz CT molecular complexity index is 1220. The van der Waals surface area contributed by atoms with Crippen LogP contribution in [0.3, 0.4) is 0 Å². The number of benzene rings is 1. The smallest absolute Gasteiger partial charge is 0.332 e. The summed E-state index contributed by atoms with van der Waals surface area (Å²) >= 11 is 0. The molecule has 37 heavy (non-hydrogen) atoms. The number of pyridine rings is 1. The van der Waals surface area contributed by atoms with Crippen LogP contribution < -0.4 is 10.1 Å². The fraction of sp³-hybridized carbons (Fsp3) is 0.444. The van der Waals surface area contributed by atoms with Gasteiger partial charge >= 0.3 is 5.97 Å². The number of carbonyl (C=O) groups excluding carboxylic acids is 1. The maximum absolute atomic E-state index is 13.1. The van der Waals surface area contributed by atoms with E-state index in [0.717, 1.165) is 31.2 Å². The Hall–Kier alpha value is -3.79. The van der Waals surface area contributed by atoms with Crippen molar-refractivity contribution in [3.63, 3.8) is 0 Å². The van der Waals surface area contributed by atoms with E-state index in [1.807, 2.05) is 30.3 Å². The summed E-state index contributed by atoms with van der Waals surface area (Å²) in [6.45, 7) is 2.10. The van der Waals surface area contributed by atoms with Crippen LogP contribution in [0, 0.1) is 17.8 Å². The van der Waals surface area contributed by atoms with Gasteiger partial charge in [-0.05, 0) is 73.2 Å². The second-order valence-corrected chi connectivity index (χ2v) is 9.86. The van der Waals surface area contributed by atoms with Crippen molar-refractivity contribution in [1.29, 1.82) is 0 Å². The standard InChI is InChI=1S/C27H30N4O6/c1-16(27(33)34)35-23-19-9-10-20(23)13-18(12-19)15-29-24(32)21-8-5-11-28-25(21)36-26-22(30-37-31-26)14-17-6-3-2-4-7-17/h2-8,11,16,18-20,23H,9-10,12-15H2,1H3,(H,29,32)(H,33,34)/t16-,18?,19?,20?,23?/m1/s1. The van der Waals surface area contributed by atoms with Crippen LogP contribution >= 0.6 is 0 Å². The second kappa shape index (κ2) is 11.1. The molecule has 2 fully saturated rings. The monoisotopic (exact) mass is 506 g/mol. The Kier molecular flexibility index (Phi) is 7.45. The molecule has 2 N–H and O–H groups in total. The van der Waals surface area contributed by atoms with Crippen LogP contribution in [0.5, 0.6) is 11.8 Å². The fourth-order valence-electron chi connectivity index (χ4n) is 5.52. The molecule has 2 bridgehead atoms. The van der Waals surface area contributed by atoms with Crippen molar-refractivity contribution < 1.29 is 28.8 Å². The van der Waals surface area contributed by atoms with Crippen LogP contribution in [-0.4, -0.2) is 51.0 Å². The van der Waals surface area contributed by atoms with Gasteiger partial charge in [0.2, 0.25) is 5.88 Å². The summed E-state index contributed by atoms with van der Waals surface area (Å²) in [6.07, 6.45) is 5.06. The quantitative estimate of drug-likeness (QED) is 0.420. The molecular formula is C27H30N4O6. The number of nitrogens with one attached hydrogen (secondary N) is 1. The van der Waals surface area contributed by atoms with Crippen molar-refractivity contribution in [3.8, 4) is 11.8 Å². The van der Waals surface area contributed by atoms with E-state index >= 15 is 0 Å². The largest absolute Gasteiger partial charge is 0.479 e. The highest BCUT2D eigenvalue weighted by Gasteiger charge is 2.44. The van der Waals surface area contributed by atoms with Crippen LogP contribution in [0.2, 0.25) is 0 Å². The van der Waals surface area contributed by atoms with Gasteiger partial charge in [-0.25, -0.2) is 14.4 Å². The lowest BCUT2D eigenvalue weighted by atomic mass is 9.78. The van der Waals surface area contributed by atoms with E-state index in [0.29, 0.717) is 42.0 Å². The second-order valence-electron chi connectivity index (χ2n) is 9.86. The summed E-state index contributed by atoms with van der Waals surface area (Å²) in [5, 5.41) is 20.0. The average Bonchev–Trinajstić information content (AvgIpc) is 3.42. The summed E-state index contributed by atoms with van der Waals surface area (Å²) < 4.78 is 16.6. The van der Waals surface area contributed by atoms with Gasteiger partial charge in [-0.1, -0.05) is 35.5 Å². The molecule has 2 heterocycles. The molecule has 3 aromatic rings. The molecule has 3 atom stereocenters. The summed E-state index contributed by atoms with van der Waals surface area (Å²) in [4.78, 5) is 28.6. The number of aliphatic carboxylic acids is 1. The summed E-state index contributed by atoms with van der Waals surface area (Å²) in [5.74, 6) is 0.0303. The highest BCUT2D eigenvalue weighted by Crippen LogP contribution is 2.46. The first-order valence-electron chi connectivity index (χ1n) is 12.6. The molecule has 2 aliphatic rings. The van der Waals surface area contributed by atoms with Crippen LogP contribution in [-0.2, 0) is 16.0 Å². The zero-order chi connectivity index (χ0) is 25.8. The van der Waals surface area contributed by atoms with E-state index in [1.165, 1.54) is 0 Å². The van der Waals surface area contributed by atoms with E-state index in [2.05, 4.69) is 20.6 Å². The summed E-state index contributed by atoms with van der Waals surface area (Å²) in [6, 6.07) is 13.1. The Morgan fingerprint density at radius 1 is 1.08 bits per heavy atom. The van der Waals surface area contributed by atoms with Crippen LogP contribution in [0.4, 0.5) is 0 Å². The maximum Gasteiger partial charge on any atom is 0.332 e. The molecule has 0 radical (unpaired) electrons. The van der Waals surface area contributed by atoms with E-state index in [4.69, 9.17) is 14.1 Å². The zero-order valence-electron chi connectivity index (χ0n) is 20.6. The Balaban J connectivity index is 1.19. The molecule has 5 rings (SSSR count). The molecule has 194 valence electrons. The molecule has 10 heteroatoms. The first kappa shape index (κ1) is 24.9. The molecule has 2 aliphatic carbocycles. The maximum atomic E-state index is 13.1. The number of hydrogen-bond donors (Lipinski definition) is 2. The lowest BCUT2D eigenvalue weighted by molar-refractivity contribution is -0.158. The molecule has 0 spiro atoms. The van der Waals surface area contributed by atoms with Crippen LogP contribution in [0.1, 0.15) is 54.2 Å². The third kappa shape index (κ3) is 5.80. The number of carboxylic acids is 1. The van der Waals surface area contributed by atoms with Gasteiger partial charge in [0.1, 0.15) is 5.56 Å². The lowest BCUT2D eigenvalue weighted by Gasteiger charge is -2.36. The minimum atomic E-state index is -0.933. The molecule has 2 unspecified atom stereocenters. The van der Waals surface area contributed by atoms with Crippen LogP contribution in [0.15, 0.2) is 53.3 Å². The van der Waals surface area contributed by atoms with Gasteiger partial charge < -0.3 is 19.9 Å². The molecule has 0 saturated heterocycles. The van der Waals surface area contributed by atoms with Crippen molar-refractivity contribution in [2.24, 2.45) is 17.8 Å². The summed E-state index contributed by atoms with van der Waals surface area (Å²) in [7, 11) is 0. The van der Waals surface area contributed by atoms with Gasteiger partial charge in [0, 0.05) is 19.2 Å². The van der Waals surface area contributed by atoms with Gasteiger partial charge in [-0.3, -0.25) is 4.79 Å². The number of carboxylic acid groups (broad SMARTS) is 1. The van der Waals surface area contributed by atoms with Gasteiger partial charge in [-0.2, -0.15) is 0 Å². The molecule has 0 aliphatic heterocycles. The normalized spacial score (nSPS) is 23.4. The number of amides is 1. The minimum Gasteiger partial charge on any atom is -0.479 e. The van der Waals surface area contributed by atoms with Crippen molar-refractivity contribution in [2.45, 2.75) is 51.2 Å². The molecule has 10 nitrogen and oxygen atoms in total. The summed E-state index contributed by atoms with van der Waals surface area (Å²) in [5.41, 5.74) is 1.83. The van der Waals surface area contributed by atoms with Gasteiger partial charge in [0.25, 0.3) is 11.8 Å². The first-order valence-corrected chi connectivity index (χ1v) is 12.6. The minimum absolute atomic E-state index is 0.0162. The van der Waals surface area contributed by atoms with Gasteiger partial charge in [-0.15, -0.1) is 0 Å². The average molecular weight is 507 g/mol. The van der Waals surface area contributed by atoms with E-state index in [1.54, 1.807) is 25.3 Å². The SMILES string of the molecule is C[C@@H](OC1C2CCC1CC(CNC(=O)c1cccnc1Oc1nonc1Cc1ccccc1)C2)C(=O)O. The number of nitrogens with zero attached hydrogens (tertiary/aromatic N) is 3. The third-order valence-electron chi connectivity index (χ3n) is 7.32. The molecule has 2 saturated carbocycles. The molecule has 1 amide bonds. The van der Waals surface area contributed by atoms with Gasteiger partial charge in [0.15, 0.2) is 11.8 Å². The highest BCUT2D eigenvalue weighted by molar-refractivity contribution is 5.96. The number of carbonyl (C=O) groups is 2. The van der Waals surface area contributed by atoms with E-state index in [9.17, 15) is 14.7 Å². The third-order valence-corrected chi connectivity index (χ3v) is 7.32. The van der Waals surface area contributed by atoms with Crippen molar-refractivity contribution in [2.75, 3.05) is 6.54 Å². The Morgan fingerprint density at radius 2 is 1.84 bits per heavy atom. The van der Waals surface area contributed by atoms with Crippen molar-refractivity contribution in [1.82, 2.24) is 20.6 Å². The van der Waals surface area contributed by atoms with Crippen molar-refractivity contribution >= 4 is 11.9 Å². The Morgan fingerprint density at radius 3 is 2.57 bits per heavy atom. The Labute approximate surface area is 214 Å². The van der Waals surface area contributed by atoms with Crippen LogP contribution in [0.25, 0.3) is 0 Å². The predicted molar refractivity (Wildman–Crippen MR) is 131 cm³/mol.